The molecule has 0 aliphatic rings. The largest absolute Gasteiger partial charge is 0.401 e. The van der Waals surface area contributed by atoms with E-state index in [1.54, 1.807) is 6.92 Å². The normalized spacial score (nSPS) is 13.1. The van der Waals surface area contributed by atoms with Crippen molar-refractivity contribution in [1.82, 2.24) is 10.2 Å². The second-order valence-electron chi connectivity index (χ2n) is 4.57. The lowest BCUT2D eigenvalue weighted by Crippen LogP contribution is -2.40. The number of amides is 1. The second-order valence-corrected chi connectivity index (χ2v) is 4.57. The first-order valence-corrected chi connectivity index (χ1v) is 6.10. The fourth-order valence-corrected chi connectivity index (χ4v) is 1.65. The first kappa shape index (κ1) is 17.4. The van der Waals surface area contributed by atoms with E-state index >= 15 is 0 Å². The molecular formula is C13H15F5N2O. The minimum atomic E-state index is -4.40. The van der Waals surface area contributed by atoms with Crippen molar-refractivity contribution < 1.29 is 26.7 Å². The fourth-order valence-electron chi connectivity index (χ4n) is 1.65. The Kier molecular flexibility index (Phi) is 5.65. The molecule has 1 unspecified atom stereocenters. The van der Waals surface area contributed by atoms with Gasteiger partial charge in [-0.1, -0.05) is 6.07 Å². The van der Waals surface area contributed by atoms with E-state index in [0.717, 1.165) is 17.0 Å². The summed E-state index contributed by atoms with van der Waals surface area (Å²) >= 11 is 0. The van der Waals surface area contributed by atoms with Crippen molar-refractivity contribution in [3.8, 4) is 0 Å². The van der Waals surface area contributed by atoms with Crippen molar-refractivity contribution in [2.45, 2.75) is 19.1 Å². The number of benzene rings is 1. The van der Waals surface area contributed by atoms with Crippen LogP contribution in [0.4, 0.5) is 22.0 Å². The molecule has 21 heavy (non-hydrogen) atoms. The maximum Gasteiger partial charge on any atom is 0.401 e. The van der Waals surface area contributed by atoms with E-state index < -0.39 is 42.8 Å². The van der Waals surface area contributed by atoms with Crippen LogP contribution in [0.5, 0.6) is 0 Å². The number of hydrogen-bond donors (Lipinski definition) is 1. The van der Waals surface area contributed by atoms with Gasteiger partial charge in [0, 0.05) is 7.05 Å². The number of alkyl halides is 3. The zero-order valence-electron chi connectivity index (χ0n) is 11.5. The summed E-state index contributed by atoms with van der Waals surface area (Å²) in [5, 5.41) is 1.98. The summed E-state index contributed by atoms with van der Waals surface area (Å²) in [6.07, 6.45) is -4.40. The molecule has 0 aliphatic heterocycles. The third-order valence-electron chi connectivity index (χ3n) is 3.00. The maximum atomic E-state index is 13.1. The molecule has 1 N–H and O–H groups in total. The average Bonchev–Trinajstić information content (AvgIpc) is 2.38. The molecule has 3 nitrogen and oxygen atoms in total. The molecule has 0 radical (unpaired) electrons. The summed E-state index contributed by atoms with van der Waals surface area (Å²) in [6, 6.07) is 2.60. The first-order valence-electron chi connectivity index (χ1n) is 6.10. The van der Waals surface area contributed by atoms with Gasteiger partial charge in [-0.05, 0) is 24.6 Å². The van der Waals surface area contributed by atoms with Crippen molar-refractivity contribution in [3.63, 3.8) is 0 Å². The molecule has 1 rings (SSSR count). The van der Waals surface area contributed by atoms with Crippen LogP contribution >= 0.6 is 0 Å². The maximum absolute atomic E-state index is 13.1. The number of carbonyl (C=O) groups excluding carboxylic acids is 1. The Morgan fingerprint density at radius 2 is 1.90 bits per heavy atom. The van der Waals surface area contributed by atoms with Gasteiger partial charge in [-0.2, -0.15) is 13.2 Å². The highest BCUT2D eigenvalue weighted by Crippen LogP contribution is 2.21. The number of nitrogens with zero attached hydrogens (tertiary/aromatic N) is 1. The number of nitrogens with one attached hydrogen (secondary N) is 1. The van der Waals surface area contributed by atoms with E-state index in [1.807, 2.05) is 5.32 Å². The minimum Gasteiger partial charge on any atom is -0.338 e. The van der Waals surface area contributed by atoms with Crippen LogP contribution in [0.2, 0.25) is 0 Å². The lowest BCUT2D eigenvalue weighted by Gasteiger charge is -2.25. The number of likely N-dealkylation sites (N-methyl/N-ethyl adjacent to an activating group) is 1. The topological polar surface area (TPSA) is 32.3 Å². The van der Waals surface area contributed by atoms with Gasteiger partial charge in [-0.25, -0.2) is 8.78 Å². The van der Waals surface area contributed by atoms with Gasteiger partial charge in [0.2, 0.25) is 5.91 Å². The smallest absolute Gasteiger partial charge is 0.338 e. The molecule has 8 heteroatoms. The van der Waals surface area contributed by atoms with E-state index in [2.05, 4.69) is 0 Å². The van der Waals surface area contributed by atoms with Crippen LogP contribution in [0.3, 0.4) is 0 Å². The molecule has 0 aliphatic carbocycles. The number of rotatable bonds is 5. The molecular weight excluding hydrogens is 295 g/mol. The third-order valence-corrected chi connectivity index (χ3v) is 3.00. The molecule has 0 spiro atoms. The Labute approximate surface area is 118 Å². The van der Waals surface area contributed by atoms with E-state index in [4.69, 9.17) is 0 Å². The van der Waals surface area contributed by atoms with Crippen molar-refractivity contribution in [2.24, 2.45) is 0 Å². The van der Waals surface area contributed by atoms with Crippen LogP contribution in [-0.4, -0.2) is 37.1 Å². The van der Waals surface area contributed by atoms with Crippen molar-refractivity contribution in [3.05, 3.63) is 35.4 Å². The zero-order valence-corrected chi connectivity index (χ0v) is 11.5. The van der Waals surface area contributed by atoms with Gasteiger partial charge in [0.15, 0.2) is 11.6 Å². The Balaban J connectivity index is 2.62. The highest BCUT2D eigenvalue weighted by Gasteiger charge is 2.27. The third kappa shape index (κ3) is 5.30. The lowest BCUT2D eigenvalue weighted by atomic mass is 10.1. The SMILES string of the molecule is CC(c1ccc(F)c(F)c1)N(C)C(=O)CNCC(F)(F)F. The summed E-state index contributed by atoms with van der Waals surface area (Å²) in [5.74, 6) is -2.64. The predicted octanol–water partition coefficient (Wildman–Crippen LogP) is 2.64. The summed E-state index contributed by atoms with van der Waals surface area (Å²) in [4.78, 5) is 12.9. The predicted molar refractivity (Wildman–Crippen MR) is 66.5 cm³/mol. The van der Waals surface area contributed by atoms with E-state index in [-0.39, 0.29) is 0 Å². The van der Waals surface area contributed by atoms with Gasteiger partial charge in [-0.3, -0.25) is 4.79 Å². The van der Waals surface area contributed by atoms with Gasteiger partial charge in [0.1, 0.15) is 0 Å². The molecule has 0 aromatic heterocycles. The number of hydrogen-bond acceptors (Lipinski definition) is 2. The number of halogens is 5. The molecule has 0 bridgehead atoms. The second kappa shape index (κ2) is 6.84. The van der Waals surface area contributed by atoms with E-state index in [0.29, 0.717) is 5.56 Å². The zero-order chi connectivity index (χ0) is 16.2. The summed E-state index contributed by atoms with van der Waals surface area (Å²) < 4.78 is 61.8. The molecule has 1 aromatic carbocycles. The molecule has 0 saturated heterocycles. The Morgan fingerprint density at radius 3 is 2.43 bits per heavy atom. The van der Waals surface area contributed by atoms with Crippen LogP contribution in [0.15, 0.2) is 18.2 Å². The monoisotopic (exact) mass is 310 g/mol. The Morgan fingerprint density at radius 1 is 1.29 bits per heavy atom. The number of carbonyl (C=O) groups is 1. The van der Waals surface area contributed by atoms with Crippen LogP contribution in [-0.2, 0) is 4.79 Å². The van der Waals surface area contributed by atoms with Crippen LogP contribution in [0.1, 0.15) is 18.5 Å². The molecule has 0 saturated carbocycles. The molecule has 0 heterocycles. The Hall–Kier alpha value is -1.70. The quantitative estimate of drug-likeness (QED) is 0.848. The van der Waals surface area contributed by atoms with Gasteiger partial charge in [0.05, 0.1) is 19.1 Å². The minimum absolute atomic E-state index is 0.348. The summed E-state index contributed by atoms with van der Waals surface area (Å²) in [5.41, 5.74) is 0.348. The van der Waals surface area contributed by atoms with E-state index in [1.165, 1.54) is 13.1 Å². The fraction of sp³-hybridized carbons (Fsp3) is 0.462. The molecule has 1 atom stereocenters. The van der Waals surface area contributed by atoms with Gasteiger partial charge in [-0.15, -0.1) is 0 Å². The summed E-state index contributed by atoms with van der Waals surface area (Å²) in [7, 11) is 1.38. The summed E-state index contributed by atoms with van der Waals surface area (Å²) in [6.45, 7) is -0.204. The Bertz CT molecular complexity index is 504. The molecule has 1 aromatic rings. The van der Waals surface area contributed by atoms with Gasteiger partial charge < -0.3 is 10.2 Å². The van der Waals surface area contributed by atoms with Crippen LogP contribution < -0.4 is 5.32 Å². The van der Waals surface area contributed by atoms with Crippen LogP contribution in [0.25, 0.3) is 0 Å². The van der Waals surface area contributed by atoms with Gasteiger partial charge >= 0.3 is 6.18 Å². The molecule has 0 fully saturated rings. The highest BCUT2D eigenvalue weighted by atomic mass is 19.4. The molecule has 1 amide bonds. The van der Waals surface area contributed by atoms with Crippen molar-refractivity contribution >= 4 is 5.91 Å². The van der Waals surface area contributed by atoms with Crippen molar-refractivity contribution in [1.29, 1.82) is 0 Å². The first-order chi connectivity index (χ1) is 9.61. The lowest BCUT2D eigenvalue weighted by molar-refractivity contribution is -0.134. The van der Waals surface area contributed by atoms with E-state index in [9.17, 15) is 26.7 Å². The van der Waals surface area contributed by atoms with Crippen molar-refractivity contribution in [2.75, 3.05) is 20.1 Å². The van der Waals surface area contributed by atoms with Crippen LogP contribution in [0, 0.1) is 11.6 Å². The average molecular weight is 310 g/mol. The van der Waals surface area contributed by atoms with Gasteiger partial charge in [0.25, 0.3) is 0 Å². The standard InChI is InChI=1S/C13H15F5N2O/c1-8(9-3-4-10(14)11(15)5-9)20(2)12(21)6-19-7-13(16,17)18/h3-5,8,19H,6-7H2,1-2H3. The molecule has 118 valence electrons. The highest BCUT2D eigenvalue weighted by molar-refractivity contribution is 5.78.